The van der Waals surface area contributed by atoms with Crippen LogP contribution in [0.15, 0.2) is 65.5 Å². The maximum absolute atomic E-state index is 12.2. The van der Waals surface area contributed by atoms with Gasteiger partial charge in [-0.15, -0.1) is 0 Å². The Hall–Kier alpha value is -2.79. The summed E-state index contributed by atoms with van der Waals surface area (Å²) in [6, 6.07) is 19.1. The van der Waals surface area contributed by atoms with Gasteiger partial charge in [0, 0.05) is 11.1 Å². The van der Waals surface area contributed by atoms with Crippen LogP contribution in [0.25, 0.3) is 22.5 Å². The Morgan fingerprint density at radius 2 is 1.48 bits per heavy atom. The van der Waals surface area contributed by atoms with E-state index in [0.717, 1.165) is 11.1 Å². The summed E-state index contributed by atoms with van der Waals surface area (Å²) < 4.78 is 1.21. The van der Waals surface area contributed by atoms with Crippen molar-refractivity contribution >= 4 is 0 Å². The van der Waals surface area contributed by atoms with E-state index < -0.39 is 11.8 Å². The second kappa shape index (κ2) is 6.54. The van der Waals surface area contributed by atoms with Crippen LogP contribution in [0, 0.1) is 0 Å². The number of hydrogen-bond acceptors (Lipinski definition) is 4. The van der Waals surface area contributed by atoms with Gasteiger partial charge in [-0.3, -0.25) is 0 Å². The summed E-state index contributed by atoms with van der Waals surface area (Å²) in [5, 5.41) is 14.0. The van der Waals surface area contributed by atoms with Gasteiger partial charge in [0.05, 0.1) is 12.6 Å². The highest BCUT2D eigenvalue weighted by Gasteiger charge is 2.15. The van der Waals surface area contributed by atoms with E-state index in [0.29, 0.717) is 11.4 Å². The molecule has 1 atom stereocenters. The summed E-state index contributed by atoms with van der Waals surface area (Å²) in [6.45, 7) is 1.72. The third-order valence-corrected chi connectivity index (χ3v) is 3.40. The first-order valence-electron chi connectivity index (χ1n) is 7.43. The molecule has 116 valence electrons. The fraction of sp³-hybridized carbons (Fsp3) is 0.167. The maximum atomic E-state index is 12.2. The molecular formula is C18H17N3O2. The van der Waals surface area contributed by atoms with Crippen LogP contribution >= 0.6 is 0 Å². The van der Waals surface area contributed by atoms with E-state index in [2.05, 4.69) is 10.1 Å². The Morgan fingerprint density at radius 3 is 2.00 bits per heavy atom. The standard InChI is InChI=1S/C18H17N3O2/c1-13(22)12-21-18(23)19-16(14-8-4-2-5-9-14)17(20-21)15-10-6-3-7-11-15/h2-11,13,22H,12H2,1H3. The largest absolute Gasteiger partial charge is 0.391 e. The minimum atomic E-state index is -0.673. The highest BCUT2D eigenvalue weighted by Crippen LogP contribution is 2.26. The van der Waals surface area contributed by atoms with E-state index in [1.165, 1.54) is 4.68 Å². The molecule has 0 saturated heterocycles. The van der Waals surface area contributed by atoms with Crippen molar-refractivity contribution in [2.75, 3.05) is 0 Å². The van der Waals surface area contributed by atoms with Gasteiger partial charge in [-0.2, -0.15) is 10.1 Å². The van der Waals surface area contributed by atoms with Crippen LogP contribution in [0.1, 0.15) is 6.92 Å². The third-order valence-electron chi connectivity index (χ3n) is 3.40. The van der Waals surface area contributed by atoms with Crippen molar-refractivity contribution in [3.8, 4) is 22.5 Å². The van der Waals surface area contributed by atoms with Crippen LogP contribution in [0.5, 0.6) is 0 Å². The van der Waals surface area contributed by atoms with Crippen LogP contribution < -0.4 is 5.69 Å². The van der Waals surface area contributed by atoms with Crippen molar-refractivity contribution < 1.29 is 5.11 Å². The molecule has 0 radical (unpaired) electrons. The number of aliphatic hydroxyl groups is 1. The van der Waals surface area contributed by atoms with Crippen molar-refractivity contribution in [3.05, 3.63) is 71.1 Å². The van der Waals surface area contributed by atoms with Gasteiger partial charge in [-0.25, -0.2) is 9.48 Å². The molecule has 0 aliphatic carbocycles. The van der Waals surface area contributed by atoms with E-state index in [1.807, 2.05) is 60.7 Å². The first-order valence-corrected chi connectivity index (χ1v) is 7.43. The maximum Gasteiger partial charge on any atom is 0.364 e. The molecule has 0 bridgehead atoms. The number of nitrogens with zero attached hydrogens (tertiary/aromatic N) is 3. The Morgan fingerprint density at radius 1 is 0.957 bits per heavy atom. The lowest BCUT2D eigenvalue weighted by atomic mass is 10.0. The topological polar surface area (TPSA) is 68.0 Å². The molecule has 1 unspecified atom stereocenters. The lowest BCUT2D eigenvalue weighted by molar-refractivity contribution is 0.165. The highest BCUT2D eigenvalue weighted by molar-refractivity contribution is 5.77. The molecule has 0 amide bonds. The molecule has 2 aromatic carbocycles. The van der Waals surface area contributed by atoms with Gasteiger partial charge >= 0.3 is 5.69 Å². The summed E-state index contributed by atoms with van der Waals surface area (Å²) in [6.07, 6.45) is -0.673. The van der Waals surface area contributed by atoms with Crippen LogP contribution in [-0.2, 0) is 6.54 Å². The first-order chi connectivity index (χ1) is 11.1. The van der Waals surface area contributed by atoms with Gasteiger partial charge in [-0.1, -0.05) is 60.7 Å². The molecule has 1 N–H and O–H groups in total. The van der Waals surface area contributed by atoms with E-state index in [-0.39, 0.29) is 6.54 Å². The Labute approximate surface area is 133 Å². The predicted molar refractivity (Wildman–Crippen MR) is 88.8 cm³/mol. The third kappa shape index (κ3) is 3.35. The van der Waals surface area contributed by atoms with Crippen molar-refractivity contribution in [2.45, 2.75) is 19.6 Å². The van der Waals surface area contributed by atoms with E-state index in [4.69, 9.17) is 0 Å². The molecule has 5 heteroatoms. The molecule has 0 aliphatic heterocycles. The van der Waals surface area contributed by atoms with Crippen LogP contribution in [0.4, 0.5) is 0 Å². The molecule has 0 spiro atoms. The molecule has 1 aromatic heterocycles. The average molecular weight is 307 g/mol. The summed E-state index contributed by atoms with van der Waals surface area (Å²) in [5.74, 6) is 0. The highest BCUT2D eigenvalue weighted by atomic mass is 16.3. The number of hydrogen-bond donors (Lipinski definition) is 1. The molecule has 0 saturated carbocycles. The molecule has 3 aromatic rings. The van der Waals surface area contributed by atoms with E-state index >= 15 is 0 Å². The summed E-state index contributed by atoms with van der Waals surface area (Å²) in [4.78, 5) is 16.4. The summed E-state index contributed by atoms with van der Waals surface area (Å²) in [5.41, 5.74) is 2.41. The number of benzene rings is 2. The predicted octanol–water partition coefficient (Wildman–Crippen LogP) is 2.35. The van der Waals surface area contributed by atoms with Gasteiger partial charge in [0.25, 0.3) is 0 Å². The number of rotatable bonds is 4. The minimum Gasteiger partial charge on any atom is -0.391 e. The summed E-state index contributed by atoms with van der Waals surface area (Å²) in [7, 11) is 0. The van der Waals surface area contributed by atoms with Gasteiger partial charge in [0.1, 0.15) is 11.4 Å². The normalized spacial score (nSPS) is 12.1. The molecule has 5 nitrogen and oxygen atoms in total. The quantitative estimate of drug-likeness (QED) is 0.803. The SMILES string of the molecule is CC(O)Cn1nc(-c2ccccc2)c(-c2ccccc2)nc1=O. The molecule has 0 fully saturated rings. The number of aliphatic hydroxyl groups excluding tert-OH is 1. The van der Waals surface area contributed by atoms with Crippen molar-refractivity contribution in [1.82, 2.24) is 14.8 Å². The molecule has 0 aliphatic rings. The zero-order chi connectivity index (χ0) is 16.2. The Balaban J connectivity index is 2.22. The smallest absolute Gasteiger partial charge is 0.364 e. The fourth-order valence-corrected chi connectivity index (χ4v) is 2.37. The van der Waals surface area contributed by atoms with Gasteiger partial charge < -0.3 is 5.11 Å². The van der Waals surface area contributed by atoms with Gasteiger partial charge in [0.2, 0.25) is 0 Å². The van der Waals surface area contributed by atoms with Crippen LogP contribution in [0.2, 0.25) is 0 Å². The Kier molecular flexibility index (Phi) is 4.30. The lowest BCUT2D eigenvalue weighted by Gasteiger charge is -2.12. The van der Waals surface area contributed by atoms with Crippen molar-refractivity contribution in [2.24, 2.45) is 0 Å². The monoisotopic (exact) mass is 307 g/mol. The van der Waals surface area contributed by atoms with Crippen LogP contribution in [-0.4, -0.2) is 26.0 Å². The van der Waals surface area contributed by atoms with Gasteiger partial charge in [-0.05, 0) is 6.92 Å². The second-order valence-corrected chi connectivity index (χ2v) is 5.35. The van der Waals surface area contributed by atoms with Gasteiger partial charge in [0.15, 0.2) is 0 Å². The minimum absolute atomic E-state index is 0.112. The lowest BCUT2D eigenvalue weighted by Crippen LogP contribution is -2.30. The van der Waals surface area contributed by atoms with E-state index in [1.54, 1.807) is 6.92 Å². The first kappa shape index (κ1) is 15.1. The second-order valence-electron chi connectivity index (χ2n) is 5.35. The van der Waals surface area contributed by atoms with Crippen molar-refractivity contribution in [3.63, 3.8) is 0 Å². The van der Waals surface area contributed by atoms with Crippen LogP contribution in [0.3, 0.4) is 0 Å². The fourth-order valence-electron chi connectivity index (χ4n) is 2.37. The molecule has 23 heavy (non-hydrogen) atoms. The zero-order valence-corrected chi connectivity index (χ0v) is 12.8. The van der Waals surface area contributed by atoms with Crippen molar-refractivity contribution in [1.29, 1.82) is 0 Å². The average Bonchev–Trinajstić information content (AvgIpc) is 2.57. The van der Waals surface area contributed by atoms with E-state index in [9.17, 15) is 9.90 Å². The molecule has 3 rings (SSSR count). The summed E-state index contributed by atoms with van der Waals surface area (Å²) >= 11 is 0. The Bertz CT molecular complexity index is 843. The zero-order valence-electron chi connectivity index (χ0n) is 12.8. The molecule has 1 heterocycles. The molecular weight excluding hydrogens is 290 g/mol. The number of aromatic nitrogens is 3.